The second-order valence-electron chi connectivity index (χ2n) is 8.06. The number of anilines is 2. The van der Waals surface area contributed by atoms with Crippen molar-refractivity contribution >= 4 is 11.6 Å². The van der Waals surface area contributed by atoms with Gasteiger partial charge in [-0.25, -0.2) is 9.97 Å². The second-order valence-corrected chi connectivity index (χ2v) is 8.06. The van der Waals surface area contributed by atoms with Crippen molar-refractivity contribution in [3.63, 3.8) is 0 Å². The van der Waals surface area contributed by atoms with Crippen LogP contribution in [0.25, 0.3) is 11.3 Å². The zero-order chi connectivity index (χ0) is 21.1. The highest BCUT2D eigenvalue weighted by atomic mass is 19.1. The SMILES string of the molecule is Cc1cnc(Nc2ccc(CO)c(CO)c2)nc1-c1cnn(CC2(CF)CCC2)c1. The highest BCUT2D eigenvalue weighted by Crippen LogP contribution is 2.42. The van der Waals surface area contributed by atoms with Gasteiger partial charge in [-0.3, -0.25) is 9.07 Å². The van der Waals surface area contributed by atoms with E-state index in [0.717, 1.165) is 41.8 Å². The Balaban J connectivity index is 1.55. The summed E-state index contributed by atoms with van der Waals surface area (Å²) in [5.41, 5.74) is 4.32. The number of alkyl halides is 1. The average molecular weight is 411 g/mol. The largest absolute Gasteiger partial charge is 0.392 e. The van der Waals surface area contributed by atoms with E-state index in [4.69, 9.17) is 0 Å². The van der Waals surface area contributed by atoms with Gasteiger partial charge in [-0.05, 0) is 48.6 Å². The number of rotatable bonds is 8. The van der Waals surface area contributed by atoms with Crippen LogP contribution in [-0.2, 0) is 19.8 Å². The molecule has 0 unspecified atom stereocenters. The lowest BCUT2D eigenvalue weighted by molar-refractivity contribution is 0.0648. The van der Waals surface area contributed by atoms with E-state index in [-0.39, 0.29) is 25.3 Å². The minimum absolute atomic E-state index is 0.130. The van der Waals surface area contributed by atoms with Crippen LogP contribution in [0.1, 0.15) is 36.0 Å². The molecule has 1 saturated carbocycles. The molecule has 1 aliphatic carbocycles. The summed E-state index contributed by atoms with van der Waals surface area (Å²) in [6.45, 7) is 1.92. The monoisotopic (exact) mass is 411 g/mol. The molecule has 0 amide bonds. The van der Waals surface area contributed by atoms with E-state index < -0.39 is 0 Å². The lowest BCUT2D eigenvalue weighted by Gasteiger charge is -2.39. The maximum Gasteiger partial charge on any atom is 0.227 e. The van der Waals surface area contributed by atoms with Gasteiger partial charge in [0.05, 0.1) is 31.8 Å². The number of aromatic nitrogens is 4. The molecular formula is C22H26FN5O2. The minimum atomic E-state index is -0.312. The third-order valence-electron chi connectivity index (χ3n) is 5.88. The summed E-state index contributed by atoms with van der Waals surface area (Å²) < 4.78 is 15.2. The molecule has 2 aromatic heterocycles. The maximum atomic E-state index is 13.4. The van der Waals surface area contributed by atoms with Gasteiger partial charge < -0.3 is 15.5 Å². The number of halogens is 1. The van der Waals surface area contributed by atoms with Crippen molar-refractivity contribution in [2.75, 3.05) is 12.0 Å². The summed E-state index contributed by atoms with van der Waals surface area (Å²) in [6.07, 6.45) is 8.30. The predicted octanol–water partition coefficient (Wildman–Crippen LogP) is 3.52. The van der Waals surface area contributed by atoms with Crippen LogP contribution >= 0.6 is 0 Å². The Labute approximate surface area is 174 Å². The fourth-order valence-corrected chi connectivity index (χ4v) is 3.86. The lowest BCUT2D eigenvalue weighted by Crippen LogP contribution is -2.36. The molecule has 158 valence electrons. The summed E-state index contributed by atoms with van der Waals surface area (Å²) in [6, 6.07) is 5.33. The van der Waals surface area contributed by atoms with E-state index in [1.807, 2.05) is 17.8 Å². The fraction of sp³-hybridized carbons (Fsp3) is 0.409. The van der Waals surface area contributed by atoms with Gasteiger partial charge in [0.2, 0.25) is 5.95 Å². The zero-order valence-electron chi connectivity index (χ0n) is 17.0. The Morgan fingerprint density at radius 3 is 2.63 bits per heavy atom. The summed E-state index contributed by atoms with van der Waals surface area (Å²) >= 11 is 0. The smallest absolute Gasteiger partial charge is 0.227 e. The van der Waals surface area contributed by atoms with Crippen LogP contribution in [0.15, 0.2) is 36.8 Å². The van der Waals surface area contributed by atoms with Gasteiger partial charge >= 0.3 is 0 Å². The van der Waals surface area contributed by atoms with Crippen LogP contribution in [-0.4, -0.2) is 36.6 Å². The first-order valence-corrected chi connectivity index (χ1v) is 10.1. The van der Waals surface area contributed by atoms with Crippen molar-refractivity contribution in [1.29, 1.82) is 0 Å². The molecule has 0 spiro atoms. The third kappa shape index (κ3) is 4.06. The highest BCUT2D eigenvalue weighted by molar-refractivity contribution is 5.64. The Hall–Kier alpha value is -2.84. The Bertz CT molecular complexity index is 1030. The van der Waals surface area contributed by atoms with Crippen LogP contribution < -0.4 is 5.32 Å². The molecule has 1 aliphatic rings. The van der Waals surface area contributed by atoms with Gasteiger partial charge in [0, 0.05) is 35.6 Å². The number of hydrogen-bond acceptors (Lipinski definition) is 6. The molecule has 3 aromatic rings. The van der Waals surface area contributed by atoms with Crippen LogP contribution in [0.2, 0.25) is 0 Å². The molecule has 0 atom stereocenters. The predicted molar refractivity (Wildman–Crippen MR) is 112 cm³/mol. The molecular weight excluding hydrogens is 385 g/mol. The molecule has 1 fully saturated rings. The van der Waals surface area contributed by atoms with E-state index in [1.54, 1.807) is 30.6 Å². The standard InChI is InChI=1S/C22H26FN5O2/c1-15-8-24-21(26-19-4-3-16(11-29)17(7-19)12-30)27-20(15)18-9-25-28(10-18)14-22(13-23)5-2-6-22/h3-4,7-10,29-30H,2,5-6,11-14H2,1H3,(H,24,26,27). The van der Waals surface area contributed by atoms with Crippen molar-refractivity contribution in [2.45, 2.75) is 45.9 Å². The van der Waals surface area contributed by atoms with Crippen molar-refractivity contribution in [3.05, 3.63) is 53.5 Å². The van der Waals surface area contributed by atoms with Crippen LogP contribution in [0, 0.1) is 12.3 Å². The highest BCUT2D eigenvalue weighted by Gasteiger charge is 2.37. The van der Waals surface area contributed by atoms with E-state index in [2.05, 4.69) is 20.4 Å². The zero-order valence-corrected chi connectivity index (χ0v) is 17.0. The van der Waals surface area contributed by atoms with Crippen molar-refractivity contribution < 1.29 is 14.6 Å². The van der Waals surface area contributed by atoms with Crippen molar-refractivity contribution in [2.24, 2.45) is 5.41 Å². The first-order chi connectivity index (χ1) is 14.6. The molecule has 7 nitrogen and oxygen atoms in total. The number of aliphatic hydroxyl groups excluding tert-OH is 2. The minimum Gasteiger partial charge on any atom is -0.392 e. The van der Waals surface area contributed by atoms with Crippen LogP contribution in [0.4, 0.5) is 16.0 Å². The normalized spacial score (nSPS) is 15.1. The van der Waals surface area contributed by atoms with Gasteiger partial charge in [0.1, 0.15) is 0 Å². The number of aryl methyl sites for hydroxylation is 1. The average Bonchev–Trinajstić information content (AvgIpc) is 3.20. The van der Waals surface area contributed by atoms with Crippen LogP contribution in [0.5, 0.6) is 0 Å². The van der Waals surface area contributed by atoms with Gasteiger partial charge in [-0.2, -0.15) is 5.10 Å². The van der Waals surface area contributed by atoms with E-state index in [1.165, 1.54) is 0 Å². The Kier molecular flexibility index (Phi) is 5.78. The molecule has 3 N–H and O–H groups in total. The number of hydrogen-bond donors (Lipinski definition) is 3. The van der Waals surface area contributed by atoms with E-state index in [0.29, 0.717) is 23.6 Å². The second kappa shape index (κ2) is 8.49. The summed E-state index contributed by atoms with van der Waals surface area (Å²) in [5, 5.41) is 26.4. The Morgan fingerprint density at radius 2 is 1.97 bits per heavy atom. The van der Waals surface area contributed by atoms with Crippen molar-refractivity contribution in [1.82, 2.24) is 19.7 Å². The van der Waals surface area contributed by atoms with Gasteiger partial charge in [0.15, 0.2) is 0 Å². The summed E-state index contributed by atoms with van der Waals surface area (Å²) in [4.78, 5) is 8.99. The molecule has 2 heterocycles. The summed E-state index contributed by atoms with van der Waals surface area (Å²) in [5.74, 6) is 0.420. The molecule has 1 aromatic carbocycles. The number of nitrogens with zero attached hydrogens (tertiary/aromatic N) is 4. The topological polar surface area (TPSA) is 96.1 Å². The third-order valence-corrected chi connectivity index (χ3v) is 5.88. The first-order valence-electron chi connectivity index (χ1n) is 10.1. The van der Waals surface area contributed by atoms with Gasteiger partial charge in [0.25, 0.3) is 0 Å². The lowest BCUT2D eigenvalue weighted by atomic mass is 9.70. The summed E-state index contributed by atoms with van der Waals surface area (Å²) in [7, 11) is 0. The van der Waals surface area contributed by atoms with Crippen molar-refractivity contribution in [3.8, 4) is 11.3 Å². The quantitative estimate of drug-likeness (QED) is 0.525. The first kappa shape index (κ1) is 20.4. The molecule has 4 rings (SSSR count). The molecule has 0 radical (unpaired) electrons. The van der Waals surface area contributed by atoms with E-state index >= 15 is 0 Å². The maximum absolute atomic E-state index is 13.4. The van der Waals surface area contributed by atoms with Gasteiger partial charge in [-0.15, -0.1) is 0 Å². The van der Waals surface area contributed by atoms with Gasteiger partial charge in [-0.1, -0.05) is 12.5 Å². The van der Waals surface area contributed by atoms with E-state index in [9.17, 15) is 14.6 Å². The van der Waals surface area contributed by atoms with Crippen LogP contribution in [0.3, 0.4) is 0 Å². The number of nitrogens with one attached hydrogen (secondary N) is 1. The molecule has 30 heavy (non-hydrogen) atoms. The molecule has 0 bridgehead atoms. The number of aliphatic hydroxyl groups is 2. The fourth-order valence-electron chi connectivity index (χ4n) is 3.86. The Morgan fingerprint density at radius 1 is 1.17 bits per heavy atom. The molecule has 0 saturated heterocycles. The molecule has 0 aliphatic heterocycles. The number of benzene rings is 1. The molecule has 8 heteroatoms.